The van der Waals surface area contributed by atoms with Gasteiger partial charge >= 0.3 is 0 Å². The van der Waals surface area contributed by atoms with Crippen LogP contribution >= 0.6 is 11.5 Å². The van der Waals surface area contributed by atoms with Gasteiger partial charge in [0.15, 0.2) is 0 Å². The second kappa shape index (κ2) is 4.55. The summed E-state index contributed by atoms with van der Waals surface area (Å²) in [5.74, 6) is 0.528. The molecule has 0 aliphatic carbocycles. The third-order valence-electron chi connectivity index (χ3n) is 2.77. The van der Waals surface area contributed by atoms with Crippen molar-refractivity contribution in [3.63, 3.8) is 0 Å². The molecule has 2 heterocycles. The van der Waals surface area contributed by atoms with Gasteiger partial charge in [0.25, 0.3) is 0 Å². The Kier molecular flexibility index (Phi) is 3.33. The smallest absolute Gasteiger partial charge is 0.0968 e. The van der Waals surface area contributed by atoms with Gasteiger partial charge in [-0.3, -0.25) is 0 Å². The highest BCUT2D eigenvalue weighted by Gasteiger charge is 2.29. The molecule has 1 saturated heterocycles. The van der Waals surface area contributed by atoms with Crippen LogP contribution in [-0.2, 0) is 4.74 Å². The fourth-order valence-electron chi connectivity index (χ4n) is 1.83. The molecule has 1 aliphatic rings. The van der Waals surface area contributed by atoms with Gasteiger partial charge in [0.1, 0.15) is 0 Å². The minimum atomic E-state index is -0.454. The first-order valence-electron chi connectivity index (χ1n) is 5.28. The monoisotopic (exact) mass is 228 g/mol. The maximum Gasteiger partial charge on any atom is 0.0968 e. The predicted octanol–water partition coefficient (Wildman–Crippen LogP) is 1.73. The van der Waals surface area contributed by atoms with Gasteiger partial charge < -0.3 is 9.84 Å². The lowest BCUT2D eigenvalue weighted by Gasteiger charge is -2.16. The Labute approximate surface area is 93.4 Å². The van der Waals surface area contributed by atoms with Crippen molar-refractivity contribution in [3.05, 3.63) is 10.6 Å². The van der Waals surface area contributed by atoms with E-state index in [0.29, 0.717) is 12.5 Å². The van der Waals surface area contributed by atoms with Gasteiger partial charge in [-0.25, -0.2) is 0 Å². The molecule has 0 saturated carbocycles. The molecule has 2 rings (SSSR count). The number of hydrogen-bond acceptors (Lipinski definition) is 5. The molecule has 1 fully saturated rings. The Balaban J connectivity index is 2.16. The van der Waals surface area contributed by atoms with Crippen molar-refractivity contribution < 1.29 is 9.84 Å². The fraction of sp³-hybridized carbons (Fsp3) is 0.800. The molecule has 0 spiro atoms. The van der Waals surface area contributed by atoms with Crippen LogP contribution in [0.4, 0.5) is 0 Å². The first-order chi connectivity index (χ1) is 7.20. The molecular weight excluding hydrogens is 212 g/mol. The minimum Gasteiger partial charge on any atom is -0.387 e. The molecule has 0 amide bonds. The lowest BCUT2D eigenvalue weighted by Crippen LogP contribution is -2.13. The van der Waals surface area contributed by atoms with E-state index in [0.717, 1.165) is 23.6 Å². The van der Waals surface area contributed by atoms with Gasteiger partial charge in [-0.1, -0.05) is 18.3 Å². The molecule has 2 atom stereocenters. The summed E-state index contributed by atoms with van der Waals surface area (Å²) < 4.78 is 9.21. The van der Waals surface area contributed by atoms with Crippen LogP contribution in [0, 0.1) is 5.92 Å². The summed E-state index contributed by atoms with van der Waals surface area (Å²) in [6, 6.07) is 0. The van der Waals surface area contributed by atoms with Gasteiger partial charge in [-0.15, -0.1) is 5.10 Å². The van der Waals surface area contributed by atoms with E-state index in [-0.39, 0.29) is 5.92 Å². The predicted molar refractivity (Wildman–Crippen MR) is 57.9 cm³/mol. The Bertz CT molecular complexity index is 321. The highest BCUT2D eigenvalue weighted by Crippen LogP contribution is 2.34. The molecule has 15 heavy (non-hydrogen) atoms. The Hall–Kier alpha value is -0.520. The molecule has 1 N–H and O–H groups in total. The van der Waals surface area contributed by atoms with Crippen molar-refractivity contribution in [1.82, 2.24) is 9.59 Å². The zero-order chi connectivity index (χ0) is 10.8. The van der Waals surface area contributed by atoms with Gasteiger partial charge in [-0.2, -0.15) is 0 Å². The highest BCUT2D eigenvalue weighted by molar-refractivity contribution is 7.05. The summed E-state index contributed by atoms with van der Waals surface area (Å²) in [7, 11) is 0. The fourth-order valence-corrected chi connectivity index (χ4v) is 2.71. The molecule has 2 unspecified atom stereocenters. The molecule has 0 aromatic carbocycles. The second-order valence-electron chi connectivity index (χ2n) is 4.25. The van der Waals surface area contributed by atoms with E-state index in [9.17, 15) is 5.11 Å². The minimum absolute atomic E-state index is 0.213. The van der Waals surface area contributed by atoms with Crippen molar-refractivity contribution in [1.29, 1.82) is 0 Å². The van der Waals surface area contributed by atoms with Crippen LogP contribution in [0.15, 0.2) is 0 Å². The van der Waals surface area contributed by atoms with E-state index in [1.807, 2.05) is 0 Å². The van der Waals surface area contributed by atoms with Crippen molar-refractivity contribution in [2.24, 2.45) is 5.92 Å². The quantitative estimate of drug-likeness (QED) is 0.856. The van der Waals surface area contributed by atoms with Gasteiger partial charge in [0.2, 0.25) is 0 Å². The SMILES string of the molecule is CC(C)c1nnsc1C(O)C1CCOC1. The lowest BCUT2D eigenvalue weighted by atomic mass is 9.97. The normalized spacial score (nSPS) is 23.6. The number of hydrogen-bond donors (Lipinski definition) is 1. The number of ether oxygens (including phenoxy) is 1. The number of aliphatic hydroxyl groups excluding tert-OH is 1. The molecular formula is C10H16N2O2S. The highest BCUT2D eigenvalue weighted by atomic mass is 32.1. The molecule has 1 aromatic heterocycles. The van der Waals surface area contributed by atoms with Gasteiger partial charge in [0.05, 0.1) is 23.3 Å². The Morgan fingerprint density at radius 3 is 2.93 bits per heavy atom. The summed E-state index contributed by atoms with van der Waals surface area (Å²) in [6.45, 7) is 5.54. The Morgan fingerprint density at radius 2 is 2.33 bits per heavy atom. The van der Waals surface area contributed by atoms with Crippen LogP contribution in [0.2, 0.25) is 0 Å². The molecule has 4 nitrogen and oxygen atoms in total. The first-order valence-corrected chi connectivity index (χ1v) is 6.05. The number of rotatable bonds is 3. The molecule has 5 heteroatoms. The number of aliphatic hydroxyl groups is 1. The first kappa shape index (κ1) is 11.0. The van der Waals surface area contributed by atoms with E-state index in [4.69, 9.17) is 4.74 Å². The number of nitrogens with zero attached hydrogens (tertiary/aromatic N) is 2. The molecule has 0 bridgehead atoms. The average Bonchev–Trinajstić information content (AvgIpc) is 2.88. The van der Waals surface area contributed by atoms with Crippen LogP contribution in [0.1, 0.15) is 42.9 Å². The molecule has 84 valence electrons. The zero-order valence-corrected chi connectivity index (χ0v) is 9.83. The van der Waals surface area contributed by atoms with Crippen LogP contribution in [0.3, 0.4) is 0 Å². The van der Waals surface area contributed by atoms with Crippen LogP contribution in [-0.4, -0.2) is 27.9 Å². The van der Waals surface area contributed by atoms with Crippen molar-refractivity contribution in [2.75, 3.05) is 13.2 Å². The van der Waals surface area contributed by atoms with E-state index in [1.54, 1.807) is 0 Å². The topological polar surface area (TPSA) is 55.2 Å². The third-order valence-corrected chi connectivity index (χ3v) is 3.58. The van der Waals surface area contributed by atoms with E-state index < -0.39 is 6.10 Å². The second-order valence-corrected chi connectivity index (χ2v) is 5.03. The van der Waals surface area contributed by atoms with Crippen LogP contribution in [0.25, 0.3) is 0 Å². The van der Waals surface area contributed by atoms with Crippen LogP contribution in [0.5, 0.6) is 0 Å². The van der Waals surface area contributed by atoms with E-state index >= 15 is 0 Å². The standard InChI is InChI=1S/C10H16N2O2S/c1-6(2)8-10(15-12-11-8)9(13)7-3-4-14-5-7/h6-7,9,13H,3-5H2,1-2H3. The maximum absolute atomic E-state index is 10.2. The average molecular weight is 228 g/mol. The van der Waals surface area contributed by atoms with Gasteiger partial charge in [0, 0.05) is 12.5 Å². The summed E-state index contributed by atoms with van der Waals surface area (Å²) >= 11 is 1.31. The van der Waals surface area contributed by atoms with E-state index in [1.165, 1.54) is 11.5 Å². The summed E-state index contributed by atoms with van der Waals surface area (Å²) in [6.07, 6.45) is 0.473. The Morgan fingerprint density at radius 1 is 1.53 bits per heavy atom. The lowest BCUT2D eigenvalue weighted by molar-refractivity contribution is 0.0935. The van der Waals surface area contributed by atoms with Crippen LogP contribution < -0.4 is 0 Å². The van der Waals surface area contributed by atoms with E-state index in [2.05, 4.69) is 23.4 Å². The summed E-state index contributed by atoms with van der Waals surface area (Å²) in [5, 5.41) is 14.3. The maximum atomic E-state index is 10.2. The summed E-state index contributed by atoms with van der Waals surface area (Å²) in [5.41, 5.74) is 0.930. The molecule has 0 radical (unpaired) electrons. The van der Waals surface area contributed by atoms with Crippen molar-refractivity contribution in [2.45, 2.75) is 32.3 Å². The third kappa shape index (κ3) is 2.19. The molecule has 1 aliphatic heterocycles. The van der Waals surface area contributed by atoms with Crippen molar-refractivity contribution in [3.8, 4) is 0 Å². The largest absolute Gasteiger partial charge is 0.387 e. The molecule has 1 aromatic rings. The zero-order valence-electron chi connectivity index (χ0n) is 9.01. The van der Waals surface area contributed by atoms with Crippen molar-refractivity contribution >= 4 is 11.5 Å². The summed E-state index contributed by atoms with van der Waals surface area (Å²) in [4.78, 5) is 0.917. The van der Waals surface area contributed by atoms with Gasteiger partial charge in [-0.05, 0) is 23.9 Å². The number of aromatic nitrogens is 2.